The van der Waals surface area contributed by atoms with Crippen LogP contribution in [0.3, 0.4) is 0 Å². The summed E-state index contributed by atoms with van der Waals surface area (Å²) in [5.74, 6) is 0.398. The van der Waals surface area contributed by atoms with E-state index in [1.165, 1.54) is 4.31 Å². The molecule has 198 valence electrons. The molecule has 0 spiro atoms. The van der Waals surface area contributed by atoms with E-state index in [4.69, 9.17) is 9.72 Å². The minimum Gasteiger partial charge on any atom is -0.388 e. The molecule has 1 saturated carbocycles. The van der Waals surface area contributed by atoms with E-state index in [2.05, 4.69) is 15.0 Å². The minimum absolute atomic E-state index is 0.00674. The normalized spacial score (nSPS) is 28.2. The number of aromatic nitrogens is 3. The molecule has 3 atom stereocenters. The van der Waals surface area contributed by atoms with Crippen molar-refractivity contribution < 1.29 is 18.3 Å². The highest BCUT2D eigenvalue weighted by Gasteiger charge is 2.39. The monoisotopic (exact) mass is 520 g/mol. The van der Waals surface area contributed by atoms with E-state index in [9.17, 15) is 18.3 Å². The molecule has 3 aliphatic rings. The molecule has 2 aromatic heterocycles. The number of rotatable bonds is 7. The lowest BCUT2D eigenvalue weighted by atomic mass is 9.99. The molecular weight excluding hydrogens is 484 g/mol. The van der Waals surface area contributed by atoms with Gasteiger partial charge in [-0.1, -0.05) is 0 Å². The van der Waals surface area contributed by atoms with Crippen LogP contribution in [0.25, 0.3) is 11.0 Å². The third-order valence-corrected chi connectivity index (χ3v) is 9.36. The number of hydrogen-bond donors (Lipinski definition) is 3. The Hall–Kier alpha value is -2.12. The molecule has 36 heavy (non-hydrogen) atoms. The lowest BCUT2D eigenvalue weighted by Gasteiger charge is -2.32. The Balaban J connectivity index is 1.28. The number of nitrogens with one attached hydrogen (secondary N) is 2. The van der Waals surface area contributed by atoms with Crippen LogP contribution in [0.4, 0.5) is 5.95 Å². The fourth-order valence-electron chi connectivity index (χ4n) is 5.67. The van der Waals surface area contributed by atoms with Gasteiger partial charge in [0.25, 0.3) is 15.8 Å². The lowest BCUT2D eigenvalue weighted by molar-refractivity contribution is 0.0266. The summed E-state index contributed by atoms with van der Waals surface area (Å²) in [6.45, 7) is 5.33. The zero-order valence-electron chi connectivity index (χ0n) is 20.9. The highest BCUT2D eigenvalue weighted by atomic mass is 32.2. The summed E-state index contributed by atoms with van der Waals surface area (Å²) in [5, 5.41) is 15.0. The molecule has 1 aliphatic carbocycles. The number of ether oxygens (including phenoxy) is 1. The number of aryl methyl sites for hydroxylation is 1. The van der Waals surface area contributed by atoms with E-state index in [0.717, 1.165) is 24.6 Å². The molecule has 11 nitrogen and oxygen atoms in total. The topological polar surface area (TPSA) is 139 Å². The van der Waals surface area contributed by atoms with Crippen molar-refractivity contribution in [1.29, 1.82) is 0 Å². The number of anilines is 1. The summed E-state index contributed by atoms with van der Waals surface area (Å²) in [6.07, 6.45) is 6.93. The van der Waals surface area contributed by atoms with E-state index >= 15 is 0 Å². The SMILES string of the molecule is Cc1cc2cnc(NC3CCN(S(=O)(=O)NC[C@@H]4CCCO4)CC3)nc2n([C@@H]2CCC[C@@]2(C)O)c1=O. The molecular formula is C24H36N6O5S. The maximum atomic E-state index is 13.1. The van der Waals surface area contributed by atoms with Crippen LogP contribution < -0.4 is 15.6 Å². The van der Waals surface area contributed by atoms with Crippen LogP contribution in [-0.4, -0.2) is 76.4 Å². The Morgan fingerprint density at radius 1 is 1.22 bits per heavy atom. The van der Waals surface area contributed by atoms with Crippen LogP contribution in [0.5, 0.6) is 0 Å². The van der Waals surface area contributed by atoms with Crippen molar-refractivity contribution in [2.45, 2.75) is 82.6 Å². The largest absolute Gasteiger partial charge is 0.388 e. The highest BCUT2D eigenvalue weighted by molar-refractivity contribution is 7.87. The van der Waals surface area contributed by atoms with E-state index < -0.39 is 15.8 Å². The van der Waals surface area contributed by atoms with E-state index in [-0.39, 0.29) is 23.7 Å². The number of piperidine rings is 1. The van der Waals surface area contributed by atoms with Crippen LogP contribution >= 0.6 is 0 Å². The first-order valence-corrected chi connectivity index (χ1v) is 14.3. The Morgan fingerprint density at radius 3 is 2.67 bits per heavy atom. The van der Waals surface area contributed by atoms with E-state index in [0.29, 0.717) is 69.1 Å². The molecule has 12 heteroatoms. The lowest BCUT2D eigenvalue weighted by Crippen LogP contribution is -2.48. The van der Waals surface area contributed by atoms with Crippen LogP contribution in [0.15, 0.2) is 17.1 Å². The van der Waals surface area contributed by atoms with Gasteiger partial charge in [0, 0.05) is 49.4 Å². The summed E-state index contributed by atoms with van der Waals surface area (Å²) >= 11 is 0. The molecule has 4 heterocycles. The predicted molar refractivity (Wildman–Crippen MR) is 136 cm³/mol. The van der Waals surface area contributed by atoms with E-state index in [1.54, 1.807) is 30.7 Å². The molecule has 0 radical (unpaired) electrons. The van der Waals surface area contributed by atoms with Gasteiger partial charge >= 0.3 is 0 Å². The van der Waals surface area contributed by atoms with Gasteiger partial charge in [0.05, 0.1) is 17.7 Å². The third-order valence-electron chi connectivity index (χ3n) is 7.79. The van der Waals surface area contributed by atoms with Crippen LogP contribution in [0, 0.1) is 6.92 Å². The standard InChI is InChI=1S/C24H36N6O5S/c1-16-13-17-14-25-23(28-21(17)30(22(16)31)20-6-3-9-24(20,2)32)27-18-7-10-29(11-8-18)36(33,34)26-15-19-5-4-12-35-19/h13-14,18-20,26,32H,3-12,15H2,1-2H3,(H,25,27,28)/t19-,20+,24+/m0/s1. The fourth-order valence-corrected chi connectivity index (χ4v) is 6.94. The molecule has 0 aromatic carbocycles. The molecule has 2 aromatic rings. The summed E-state index contributed by atoms with van der Waals surface area (Å²) in [6, 6.07) is 1.45. The fraction of sp³-hybridized carbons (Fsp3) is 0.708. The smallest absolute Gasteiger partial charge is 0.279 e. The second kappa shape index (κ2) is 9.97. The maximum absolute atomic E-state index is 13.1. The van der Waals surface area contributed by atoms with Crippen molar-refractivity contribution in [2.75, 3.05) is 31.6 Å². The summed E-state index contributed by atoms with van der Waals surface area (Å²) in [7, 11) is -3.55. The first kappa shape index (κ1) is 25.5. The zero-order chi connectivity index (χ0) is 25.5. The third kappa shape index (κ3) is 5.14. The van der Waals surface area contributed by atoms with Crippen molar-refractivity contribution in [3.05, 3.63) is 28.2 Å². The first-order valence-electron chi connectivity index (χ1n) is 12.9. The average molecular weight is 521 g/mol. The molecule has 0 bridgehead atoms. The predicted octanol–water partition coefficient (Wildman–Crippen LogP) is 1.47. The Kier molecular flexibility index (Phi) is 7.07. The van der Waals surface area contributed by atoms with Gasteiger partial charge in [-0.25, -0.2) is 4.98 Å². The van der Waals surface area contributed by atoms with Crippen molar-refractivity contribution in [3.63, 3.8) is 0 Å². The molecule has 0 amide bonds. The van der Waals surface area contributed by atoms with Gasteiger partial charge in [-0.15, -0.1) is 0 Å². The Bertz CT molecular complexity index is 1270. The second-order valence-electron chi connectivity index (χ2n) is 10.5. The van der Waals surface area contributed by atoms with Gasteiger partial charge < -0.3 is 15.2 Å². The molecule has 3 fully saturated rings. The Labute approximate surface area is 211 Å². The van der Waals surface area contributed by atoms with Crippen LogP contribution in [0.2, 0.25) is 0 Å². The summed E-state index contributed by atoms with van der Waals surface area (Å²) in [4.78, 5) is 22.3. The summed E-state index contributed by atoms with van der Waals surface area (Å²) < 4.78 is 36.7. The van der Waals surface area contributed by atoms with Crippen molar-refractivity contribution in [1.82, 2.24) is 23.6 Å². The second-order valence-corrected chi connectivity index (χ2v) is 12.3. The number of nitrogens with zero attached hydrogens (tertiary/aromatic N) is 4. The number of fused-ring (bicyclic) bond motifs is 1. The molecule has 0 unspecified atom stereocenters. The molecule has 5 rings (SSSR count). The van der Waals surface area contributed by atoms with E-state index in [1.807, 2.05) is 0 Å². The average Bonchev–Trinajstić information content (AvgIpc) is 3.49. The number of hydrogen-bond acceptors (Lipinski definition) is 8. The highest BCUT2D eigenvalue weighted by Crippen LogP contribution is 2.39. The van der Waals surface area contributed by atoms with Crippen molar-refractivity contribution >= 4 is 27.2 Å². The first-order chi connectivity index (χ1) is 17.1. The Morgan fingerprint density at radius 2 is 2.00 bits per heavy atom. The van der Waals surface area contributed by atoms with Crippen LogP contribution in [0.1, 0.15) is 63.5 Å². The van der Waals surface area contributed by atoms with Gasteiger partial charge in [0.2, 0.25) is 5.95 Å². The van der Waals surface area contributed by atoms with Crippen molar-refractivity contribution in [2.24, 2.45) is 0 Å². The molecule has 3 N–H and O–H groups in total. The quantitative estimate of drug-likeness (QED) is 0.499. The van der Waals surface area contributed by atoms with Crippen LogP contribution in [-0.2, 0) is 14.9 Å². The molecule has 2 saturated heterocycles. The zero-order valence-corrected chi connectivity index (χ0v) is 21.8. The maximum Gasteiger partial charge on any atom is 0.279 e. The van der Waals surface area contributed by atoms with Gasteiger partial charge in [-0.3, -0.25) is 9.36 Å². The number of pyridine rings is 1. The van der Waals surface area contributed by atoms with Gasteiger partial charge in [0.1, 0.15) is 5.65 Å². The van der Waals surface area contributed by atoms with Gasteiger partial charge in [-0.2, -0.15) is 22.4 Å². The minimum atomic E-state index is -3.55. The van der Waals surface area contributed by atoms with Gasteiger partial charge in [0.15, 0.2) is 0 Å². The summed E-state index contributed by atoms with van der Waals surface area (Å²) in [5.41, 5.74) is -0.0163. The van der Waals surface area contributed by atoms with Crippen molar-refractivity contribution in [3.8, 4) is 0 Å². The molecule has 2 aliphatic heterocycles. The van der Waals surface area contributed by atoms with Gasteiger partial charge in [-0.05, 0) is 64.9 Å². The number of aliphatic hydroxyl groups is 1.